The summed E-state index contributed by atoms with van der Waals surface area (Å²) in [6.07, 6.45) is 10.6. The van der Waals surface area contributed by atoms with Crippen LogP contribution in [-0.2, 0) is 0 Å². The van der Waals surface area contributed by atoms with Gasteiger partial charge in [-0.05, 0) is 0 Å². The fraction of sp³-hybridized carbons (Fsp3) is 1.00. The first-order chi connectivity index (χ1) is 9.41. The van der Waals surface area contributed by atoms with Crippen molar-refractivity contribution in [3.8, 4) is 0 Å². The Morgan fingerprint density at radius 1 is 0.800 bits per heavy atom. The van der Waals surface area contributed by atoms with E-state index in [1.54, 1.807) is 39.0 Å². The monoisotopic (exact) mass is 404 g/mol. The molecule has 0 aromatic rings. The fourth-order valence-electron chi connectivity index (χ4n) is 4.35. The predicted molar refractivity (Wildman–Crippen MR) is 100 cm³/mol. The summed E-state index contributed by atoms with van der Waals surface area (Å²) in [6.45, 7) is 15.1. The molecule has 1 fully saturated rings. The van der Waals surface area contributed by atoms with Gasteiger partial charge in [-0.3, -0.25) is 0 Å². The van der Waals surface area contributed by atoms with E-state index in [0.29, 0.717) is 0 Å². The van der Waals surface area contributed by atoms with Gasteiger partial charge in [0.05, 0.1) is 0 Å². The molecule has 1 aliphatic carbocycles. The zero-order chi connectivity index (χ0) is 15.2. The SMILES string of the molecule is CCC[CH2][Sn]([CH2]CCC)([CH2]CCC)[CH]1CC1[Si](C)(C)C. The van der Waals surface area contributed by atoms with Gasteiger partial charge >= 0.3 is 135 Å². The second kappa shape index (κ2) is 8.60. The normalized spacial score (nSPS) is 23.1. The maximum absolute atomic E-state index is 2.63. The molecule has 1 saturated carbocycles. The first-order valence-corrected chi connectivity index (χ1v) is 20.7. The van der Waals surface area contributed by atoms with E-state index in [9.17, 15) is 0 Å². The van der Waals surface area contributed by atoms with Gasteiger partial charge in [0, 0.05) is 0 Å². The Bertz CT molecular complexity index is 247. The van der Waals surface area contributed by atoms with Crippen molar-refractivity contribution < 1.29 is 0 Å². The molecule has 2 unspecified atom stereocenters. The van der Waals surface area contributed by atoms with Gasteiger partial charge in [-0.25, -0.2) is 0 Å². The van der Waals surface area contributed by atoms with E-state index in [1.807, 2.05) is 0 Å². The minimum absolute atomic E-state index is 0.861. The Labute approximate surface area is 134 Å². The molecular weight excluding hydrogens is 363 g/mol. The summed E-state index contributed by atoms with van der Waals surface area (Å²) < 4.78 is 6.51. The van der Waals surface area contributed by atoms with Gasteiger partial charge < -0.3 is 0 Å². The summed E-state index contributed by atoms with van der Waals surface area (Å²) in [6, 6.07) is 0. The van der Waals surface area contributed by atoms with Gasteiger partial charge in [0.15, 0.2) is 0 Å². The van der Waals surface area contributed by atoms with Gasteiger partial charge in [-0.15, -0.1) is 0 Å². The van der Waals surface area contributed by atoms with Crippen LogP contribution >= 0.6 is 0 Å². The molecule has 0 aromatic heterocycles. The summed E-state index contributed by atoms with van der Waals surface area (Å²) in [5, 5.41) is 0. The second-order valence-electron chi connectivity index (χ2n) is 8.49. The van der Waals surface area contributed by atoms with Gasteiger partial charge in [0.2, 0.25) is 0 Å². The van der Waals surface area contributed by atoms with E-state index >= 15 is 0 Å². The number of hydrogen-bond donors (Lipinski definition) is 0. The van der Waals surface area contributed by atoms with Crippen molar-refractivity contribution in [3.05, 3.63) is 0 Å². The molecule has 2 heteroatoms. The Balaban J connectivity index is 2.79. The third-order valence-electron chi connectivity index (χ3n) is 5.77. The third kappa shape index (κ3) is 5.33. The van der Waals surface area contributed by atoms with Crippen LogP contribution in [0.15, 0.2) is 0 Å². The maximum atomic E-state index is 2.63. The molecule has 1 aliphatic rings. The average molecular weight is 403 g/mol. The fourth-order valence-corrected chi connectivity index (χ4v) is 32.8. The van der Waals surface area contributed by atoms with Gasteiger partial charge in [0.1, 0.15) is 0 Å². The van der Waals surface area contributed by atoms with Crippen molar-refractivity contribution in [2.24, 2.45) is 0 Å². The zero-order valence-corrected chi connectivity index (χ0v) is 19.1. The molecule has 120 valence electrons. The Kier molecular flexibility index (Phi) is 8.19. The van der Waals surface area contributed by atoms with Gasteiger partial charge in [0.25, 0.3) is 0 Å². The quantitative estimate of drug-likeness (QED) is 0.317. The minimum atomic E-state index is -1.83. The number of hydrogen-bond acceptors (Lipinski definition) is 0. The first kappa shape index (κ1) is 19.1. The summed E-state index contributed by atoms with van der Waals surface area (Å²) in [5.74, 6) is 0. The van der Waals surface area contributed by atoms with Crippen molar-refractivity contribution in [2.75, 3.05) is 0 Å². The van der Waals surface area contributed by atoms with Crippen molar-refractivity contribution in [1.82, 2.24) is 0 Å². The second-order valence-corrected chi connectivity index (χ2v) is 28.1. The van der Waals surface area contributed by atoms with Crippen LogP contribution in [0.1, 0.15) is 65.7 Å². The molecule has 0 saturated heterocycles. The van der Waals surface area contributed by atoms with Gasteiger partial charge in [-0.2, -0.15) is 0 Å². The van der Waals surface area contributed by atoms with Crippen LogP contribution in [0.25, 0.3) is 0 Å². The van der Waals surface area contributed by atoms with Crippen molar-refractivity contribution >= 4 is 26.5 Å². The van der Waals surface area contributed by atoms with E-state index in [1.165, 1.54) is 28.7 Å². The van der Waals surface area contributed by atoms with E-state index in [-0.39, 0.29) is 0 Å². The summed E-state index contributed by atoms with van der Waals surface area (Å²) >= 11 is -1.83. The molecule has 0 nitrogen and oxygen atoms in total. The van der Waals surface area contributed by atoms with E-state index < -0.39 is 26.5 Å². The van der Waals surface area contributed by atoms with Crippen molar-refractivity contribution in [1.29, 1.82) is 0 Å². The van der Waals surface area contributed by atoms with E-state index in [2.05, 4.69) is 40.4 Å². The molecule has 0 spiro atoms. The predicted octanol–water partition coefficient (Wildman–Crippen LogP) is 7.32. The zero-order valence-electron chi connectivity index (χ0n) is 15.2. The molecular formula is C18H40SiSn. The molecule has 1 rings (SSSR count). The molecule has 0 amide bonds. The van der Waals surface area contributed by atoms with Crippen LogP contribution in [0.5, 0.6) is 0 Å². The molecule has 0 aliphatic heterocycles. The van der Waals surface area contributed by atoms with Crippen LogP contribution in [-0.4, -0.2) is 26.5 Å². The topological polar surface area (TPSA) is 0 Å². The molecule has 0 bridgehead atoms. The Hall–Kier alpha value is 1.02. The Morgan fingerprint density at radius 2 is 1.20 bits per heavy atom. The molecule has 0 N–H and O–H groups in total. The number of unbranched alkanes of at least 4 members (excludes halogenated alkanes) is 3. The summed E-state index contributed by atoms with van der Waals surface area (Å²) in [4.78, 5) is 0. The van der Waals surface area contributed by atoms with Crippen molar-refractivity contribution in [3.63, 3.8) is 0 Å². The van der Waals surface area contributed by atoms with Crippen LogP contribution in [0.2, 0.25) is 42.4 Å². The molecule has 0 radical (unpaired) electrons. The van der Waals surface area contributed by atoms with E-state index in [0.717, 1.165) is 0 Å². The van der Waals surface area contributed by atoms with E-state index in [4.69, 9.17) is 0 Å². The molecule has 0 heterocycles. The third-order valence-corrected chi connectivity index (χ3v) is 27.5. The average Bonchev–Trinajstić information content (AvgIpc) is 3.19. The number of rotatable bonds is 11. The van der Waals surface area contributed by atoms with Crippen LogP contribution < -0.4 is 0 Å². The van der Waals surface area contributed by atoms with Gasteiger partial charge in [-0.1, -0.05) is 0 Å². The standard InChI is InChI=1S/C6H13Si.3C4H9.Sn/c1-7(2,3)6-4-5-6;3*1-3-4-2;/h4,6H,5H2,1-3H3;3*1,3-4H2,2H3;. The first-order valence-electron chi connectivity index (χ1n) is 9.41. The molecule has 2 atom stereocenters. The molecule has 20 heavy (non-hydrogen) atoms. The van der Waals surface area contributed by atoms with Crippen LogP contribution in [0, 0.1) is 0 Å². The van der Waals surface area contributed by atoms with Crippen molar-refractivity contribution in [2.45, 2.75) is 108 Å². The Morgan fingerprint density at radius 3 is 1.45 bits per heavy atom. The summed E-state index contributed by atoms with van der Waals surface area (Å²) in [5.41, 5.74) is 1.23. The molecule has 0 aromatic carbocycles. The van der Waals surface area contributed by atoms with Crippen LogP contribution in [0.4, 0.5) is 0 Å². The van der Waals surface area contributed by atoms with Crippen LogP contribution in [0.3, 0.4) is 0 Å². The summed E-state index contributed by atoms with van der Waals surface area (Å²) in [7, 11) is -0.861.